The Kier molecular flexibility index (Phi) is 5.31. The normalized spacial score (nSPS) is 14.2. The van der Waals surface area contributed by atoms with Gasteiger partial charge in [-0.2, -0.15) is 12.6 Å². The van der Waals surface area contributed by atoms with E-state index in [0.29, 0.717) is 0 Å². The van der Waals surface area contributed by atoms with Gasteiger partial charge in [0, 0.05) is 18.4 Å². The molecule has 1 aromatic rings. The minimum atomic E-state index is -0.732. The number of hydrogen-bond donors (Lipinski definition) is 2. The van der Waals surface area contributed by atoms with Crippen molar-refractivity contribution in [3.8, 4) is 0 Å². The first-order valence-corrected chi connectivity index (χ1v) is 5.47. The molecule has 0 spiro atoms. The Balaban J connectivity index is 2.66. The lowest BCUT2D eigenvalue weighted by atomic mass is 10.2. The van der Waals surface area contributed by atoms with Crippen molar-refractivity contribution >= 4 is 18.6 Å². The molecule has 0 aliphatic rings. The lowest BCUT2D eigenvalue weighted by Crippen LogP contribution is -2.35. The molecule has 5 heteroatoms. The van der Waals surface area contributed by atoms with Crippen molar-refractivity contribution in [2.45, 2.75) is 12.3 Å². The Morgan fingerprint density at radius 2 is 2.06 bits per heavy atom. The zero-order valence-corrected chi connectivity index (χ0v) is 9.89. The molecule has 0 fully saturated rings. The largest absolute Gasteiger partial charge is 0.430 e. The van der Waals surface area contributed by atoms with Crippen molar-refractivity contribution in [1.82, 2.24) is 0 Å². The molecule has 0 saturated heterocycles. The molecule has 4 nitrogen and oxygen atoms in total. The zero-order valence-electron chi connectivity index (χ0n) is 9.00. The topological polar surface area (TPSA) is 61.5 Å². The summed E-state index contributed by atoms with van der Waals surface area (Å²) in [5.41, 5.74) is 6.26. The quantitative estimate of drug-likeness (QED) is 0.461. The number of benzene rings is 1. The number of methoxy groups -OCH3 is 1. The Bertz CT molecular complexity index is 331. The molecule has 0 amide bonds. The summed E-state index contributed by atoms with van der Waals surface area (Å²) in [6.45, 7) is 0. The highest BCUT2D eigenvalue weighted by atomic mass is 32.1. The van der Waals surface area contributed by atoms with Gasteiger partial charge in [0.2, 0.25) is 6.29 Å². The lowest BCUT2D eigenvalue weighted by molar-refractivity contribution is -0.176. The van der Waals surface area contributed by atoms with Gasteiger partial charge in [0.1, 0.15) is 6.04 Å². The van der Waals surface area contributed by atoms with Crippen LogP contribution in [-0.4, -0.2) is 24.9 Å². The molecular formula is C11H15NO3S. The van der Waals surface area contributed by atoms with Crippen LogP contribution < -0.4 is 5.73 Å². The maximum atomic E-state index is 11.4. The van der Waals surface area contributed by atoms with E-state index in [1.165, 1.54) is 7.11 Å². The second kappa shape index (κ2) is 6.52. The summed E-state index contributed by atoms with van der Waals surface area (Å²) in [5, 5.41) is 0. The third-order valence-electron chi connectivity index (χ3n) is 2.01. The number of hydrogen-bond acceptors (Lipinski definition) is 5. The van der Waals surface area contributed by atoms with Gasteiger partial charge in [-0.15, -0.1) is 0 Å². The maximum absolute atomic E-state index is 11.4. The molecule has 16 heavy (non-hydrogen) atoms. The van der Waals surface area contributed by atoms with Gasteiger partial charge in [0.05, 0.1) is 0 Å². The third-order valence-corrected chi connectivity index (χ3v) is 2.40. The third kappa shape index (κ3) is 3.52. The van der Waals surface area contributed by atoms with E-state index < -0.39 is 18.3 Å². The second-order valence-electron chi connectivity index (χ2n) is 3.20. The molecule has 0 saturated carbocycles. The number of rotatable bonds is 5. The summed E-state index contributed by atoms with van der Waals surface area (Å²) in [7, 11) is 1.47. The van der Waals surface area contributed by atoms with Gasteiger partial charge >= 0.3 is 5.97 Å². The molecule has 2 atom stereocenters. The summed E-state index contributed by atoms with van der Waals surface area (Å²) in [5.74, 6) is -0.282. The molecule has 2 N–H and O–H groups in total. The van der Waals surface area contributed by atoms with Gasteiger partial charge in [-0.1, -0.05) is 30.3 Å². The van der Waals surface area contributed by atoms with E-state index >= 15 is 0 Å². The Morgan fingerprint density at radius 1 is 1.44 bits per heavy atom. The molecular weight excluding hydrogens is 226 g/mol. The minimum absolute atomic E-state index is 0.240. The predicted molar refractivity (Wildman–Crippen MR) is 64.1 cm³/mol. The number of thiol groups is 1. The van der Waals surface area contributed by atoms with E-state index in [-0.39, 0.29) is 5.75 Å². The van der Waals surface area contributed by atoms with E-state index in [9.17, 15) is 4.79 Å². The molecule has 88 valence electrons. The summed E-state index contributed by atoms with van der Waals surface area (Å²) in [4.78, 5) is 11.4. The van der Waals surface area contributed by atoms with Gasteiger partial charge in [0.15, 0.2) is 0 Å². The van der Waals surface area contributed by atoms with Crippen molar-refractivity contribution in [2.24, 2.45) is 5.73 Å². The van der Waals surface area contributed by atoms with Crippen LogP contribution in [0.5, 0.6) is 0 Å². The number of ether oxygens (including phenoxy) is 2. The molecule has 0 aliphatic heterocycles. The molecule has 1 rings (SSSR count). The van der Waals surface area contributed by atoms with Gasteiger partial charge in [-0.05, 0) is 0 Å². The lowest BCUT2D eigenvalue weighted by Gasteiger charge is -2.18. The fourth-order valence-electron chi connectivity index (χ4n) is 1.13. The van der Waals surface area contributed by atoms with Gasteiger partial charge in [-0.25, -0.2) is 0 Å². The van der Waals surface area contributed by atoms with Crippen LogP contribution in [0.2, 0.25) is 0 Å². The SMILES string of the molecule is CO[C@@H](OC(=O)[C@@H](N)CS)c1ccccc1. The Labute approximate surface area is 100 Å². The van der Waals surface area contributed by atoms with Crippen LogP contribution in [0.3, 0.4) is 0 Å². The molecule has 0 aliphatic carbocycles. The summed E-state index contributed by atoms with van der Waals surface area (Å²) < 4.78 is 10.2. The van der Waals surface area contributed by atoms with Crippen LogP contribution in [0.15, 0.2) is 30.3 Å². The summed E-state index contributed by atoms with van der Waals surface area (Å²) in [6, 6.07) is 8.45. The van der Waals surface area contributed by atoms with E-state index in [4.69, 9.17) is 15.2 Å². The fraction of sp³-hybridized carbons (Fsp3) is 0.364. The van der Waals surface area contributed by atoms with Crippen molar-refractivity contribution < 1.29 is 14.3 Å². The first-order valence-electron chi connectivity index (χ1n) is 4.83. The molecule has 0 aromatic heterocycles. The number of carbonyl (C=O) groups excluding carboxylic acids is 1. The molecule has 0 heterocycles. The molecule has 0 radical (unpaired) electrons. The Morgan fingerprint density at radius 3 is 2.56 bits per heavy atom. The van der Waals surface area contributed by atoms with Crippen LogP contribution in [0.4, 0.5) is 0 Å². The highest BCUT2D eigenvalue weighted by molar-refractivity contribution is 7.80. The number of carbonyl (C=O) groups is 1. The number of nitrogens with two attached hydrogens (primary N) is 1. The Hall–Kier alpha value is -1.04. The zero-order chi connectivity index (χ0) is 12.0. The van der Waals surface area contributed by atoms with Crippen molar-refractivity contribution in [1.29, 1.82) is 0 Å². The van der Waals surface area contributed by atoms with Crippen molar-refractivity contribution in [3.63, 3.8) is 0 Å². The van der Waals surface area contributed by atoms with Crippen LogP contribution in [-0.2, 0) is 14.3 Å². The second-order valence-corrected chi connectivity index (χ2v) is 3.57. The van der Waals surface area contributed by atoms with Crippen molar-refractivity contribution in [3.05, 3.63) is 35.9 Å². The van der Waals surface area contributed by atoms with Gasteiger partial charge < -0.3 is 15.2 Å². The average Bonchev–Trinajstić information content (AvgIpc) is 2.35. The highest BCUT2D eigenvalue weighted by Crippen LogP contribution is 2.18. The first-order chi connectivity index (χ1) is 7.69. The van der Waals surface area contributed by atoms with Crippen molar-refractivity contribution in [2.75, 3.05) is 12.9 Å². The van der Waals surface area contributed by atoms with Crippen LogP contribution in [0.1, 0.15) is 11.9 Å². The monoisotopic (exact) mass is 241 g/mol. The van der Waals surface area contributed by atoms with Gasteiger partial charge in [-0.3, -0.25) is 4.79 Å². The summed E-state index contributed by atoms with van der Waals surface area (Å²) >= 11 is 3.93. The maximum Gasteiger partial charge on any atom is 0.326 e. The van der Waals surface area contributed by atoms with Crippen LogP contribution in [0, 0.1) is 0 Å². The highest BCUT2D eigenvalue weighted by Gasteiger charge is 2.20. The number of esters is 1. The molecule has 0 unspecified atom stereocenters. The minimum Gasteiger partial charge on any atom is -0.430 e. The molecule has 0 bridgehead atoms. The molecule has 1 aromatic carbocycles. The average molecular weight is 241 g/mol. The van der Waals surface area contributed by atoms with Gasteiger partial charge in [0.25, 0.3) is 0 Å². The van der Waals surface area contributed by atoms with Crippen LogP contribution in [0.25, 0.3) is 0 Å². The van der Waals surface area contributed by atoms with Crippen LogP contribution >= 0.6 is 12.6 Å². The van der Waals surface area contributed by atoms with E-state index in [1.54, 1.807) is 0 Å². The van der Waals surface area contributed by atoms with E-state index in [1.807, 2.05) is 30.3 Å². The summed E-state index contributed by atoms with van der Waals surface area (Å²) in [6.07, 6.45) is -0.723. The fourth-order valence-corrected chi connectivity index (χ4v) is 1.28. The first kappa shape index (κ1) is 13.0. The smallest absolute Gasteiger partial charge is 0.326 e. The van der Waals surface area contributed by atoms with E-state index in [2.05, 4.69) is 12.6 Å². The predicted octanol–water partition coefficient (Wildman–Crippen LogP) is 1.13. The van der Waals surface area contributed by atoms with E-state index in [0.717, 1.165) is 5.56 Å². The standard InChI is InChI=1S/C11H15NO3S/c1-14-11(8-5-3-2-4-6-8)15-10(13)9(12)7-16/h2-6,9,11,16H,7,12H2,1H3/t9-,11-/m0/s1.